The lowest BCUT2D eigenvalue weighted by atomic mass is 10.0. The van der Waals surface area contributed by atoms with Crippen LogP contribution in [-0.2, 0) is 13.6 Å². The Labute approximate surface area is 109 Å². The van der Waals surface area contributed by atoms with E-state index < -0.39 is 6.80 Å². The molecule has 0 bridgehead atoms. The van der Waals surface area contributed by atoms with Crippen LogP contribution in [0.25, 0.3) is 0 Å². The van der Waals surface area contributed by atoms with E-state index in [1.54, 1.807) is 0 Å². The van der Waals surface area contributed by atoms with E-state index in [2.05, 4.69) is 0 Å². The topological polar surface area (TPSA) is 35.5 Å². The quantitative estimate of drug-likeness (QED) is 0.585. The summed E-state index contributed by atoms with van der Waals surface area (Å²) in [6, 6.07) is 0. The predicted molar refractivity (Wildman–Crippen MR) is 74.6 cm³/mol. The molecule has 0 radical (unpaired) electrons. The molecular formula is C12H25O3PS. The summed E-state index contributed by atoms with van der Waals surface area (Å²) in [6.07, 6.45) is 7.88. The van der Waals surface area contributed by atoms with Crippen LogP contribution in [0.2, 0.25) is 0 Å². The van der Waals surface area contributed by atoms with Crippen LogP contribution in [0.15, 0.2) is 0 Å². The fourth-order valence-electron chi connectivity index (χ4n) is 1.86. The van der Waals surface area contributed by atoms with Crippen molar-refractivity contribution in [1.82, 2.24) is 0 Å². The summed E-state index contributed by atoms with van der Waals surface area (Å²) < 4.78 is 23.5. The molecule has 0 saturated heterocycles. The summed E-state index contributed by atoms with van der Waals surface area (Å²) in [5, 5.41) is 0.461. The third-order valence-electron chi connectivity index (χ3n) is 2.74. The minimum Gasteiger partial charge on any atom is -0.301 e. The lowest BCUT2D eigenvalue weighted by molar-refractivity contribution is 0.220. The van der Waals surface area contributed by atoms with Gasteiger partial charge in [0.25, 0.3) is 0 Å². The SMILES string of the molecule is CCCOP(=O)(OCCC)SC1CCCCC1. The van der Waals surface area contributed by atoms with Gasteiger partial charge in [0.2, 0.25) is 0 Å². The van der Waals surface area contributed by atoms with Crippen molar-refractivity contribution in [2.45, 2.75) is 64.0 Å². The lowest BCUT2D eigenvalue weighted by Gasteiger charge is -2.25. The van der Waals surface area contributed by atoms with Crippen LogP contribution in [0.4, 0.5) is 0 Å². The van der Waals surface area contributed by atoms with Crippen LogP contribution in [0.3, 0.4) is 0 Å². The molecule has 1 aliphatic rings. The van der Waals surface area contributed by atoms with Crippen molar-refractivity contribution in [3.8, 4) is 0 Å². The second-order valence-corrected chi connectivity index (χ2v) is 8.74. The van der Waals surface area contributed by atoms with E-state index >= 15 is 0 Å². The molecule has 0 aromatic carbocycles. The Bertz CT molecular complexity index is 230. The Morgan fingerprint density at radius 3 is 2.06 bits per heavy atom. The monoisotopic (exact) mass is 280 g/mol. The van der Waals surface area contributed by atoms with Gasteiger partial charge < -0.3 is 9.05 Å². The molecule has 0 atom stereocenters. The van der Waals surface area contributed by atoms with Crippen LogP contribution in [0.5, 0.6) is 0 Å². The lowest BCUT2D eigenvalue weighted by Crippen LogP contribution is -2.09. The van der Waals surface area contributed by atoms with E-state index in [1.807, 2.05) is 13.8 Å². The van der Waals surface area contributed by atoms with Gasteiger partial charge in [-0.2, -0.15) is 0 Å². The maximum Gasteiger partial charge on any atom is 0.389 e. The van der Waals surface area contributed by atoms with Gasteiger partial charge in [0.05, 0.1) is 13.2 Å². The van der Waals surface area contributed by atoms with E-state index in [-0.39, 0.29) is 0 Å². The first-order valence-electron chi connectivity index (χ1n) is 6.77. The van der Waals surface area contributed by atoms with E-state index in [9.17, 15) is 4.57 Å². The van der Waals surface area contributed by atoms with Crippen LogP contribution >= 0.6 is 18.2 Å². The minimum atomic E-state index is -2.90. The molecule has 17 heavy (non-hydrogen) atoms. The molecule has 3 nitrogen and oxygen atoms in total. The van der Waals surface area contributed by atoms with Crippen LogP contribution in [-0.4, -0.2) is 18.5 Å². The zero-order valence-corrected chi connectivity index (χ0v) is 12.7. The van der Waals surface area contributed by atoms with E-state index in [1.165, 1.54) is 30.6 Å². The molecule has 0 N–H and O–H groups in total. The summed E-state index contributed by atoms with van der Waals surface area (Å²) >= 11 is 1.46. The summed E-state index contributed by atoms with van der Waals surface area (Å²) in [5.41, 5.74) is 0. The van der Waals surface area contributed by atoms with E-state index in [0.29, 0.717) is 18.5 Å². The molecule has 0 aliphatic heterocycles. The highest BCUT2D eigenvalue weighted by Gasteiger charge is 2.30. The molecule has 5 heteroatoms. The fraction of sp³-hybridized carbons (Fsp3) is 1.00. The second-order valence-electron chi connectivity index (χ2n) is 4.48. The largest absolute Gasteiger partial charge is 0.389 e. The number of rotatable bonds is 8. The van der Waals surface area contributed by atoms with Crippen molar-refractivity contribution in [3.63, 3.8) is 0 Å². The van der Waals surface area contributed by atoms with Crippen LogP contribution in [0, 0.1) is 0 Å². The molecule has 0 aromatic heterocycles. The third kappa shape index (κ3) is 6.28. The second kappa shape index (κ2) is 8.58. The van der Waals surface area contributed by atoms with Gasteiger partial charge in [0.15, 0.2) is 0 Å². The maximum absolute atomic E-state index is 12.5. The first kappa shape index (κ1) is 15.6. The average Bonchev–Trinajstić information content (AvgIpc) is 2.35. The highest BCUT2D eigenvalue weighted by atomic mass is 32.7. The van der Waals surface area contributed by atoms with Crippen molar-refractivity contribution >= 4 is 18.2 Å². The Kier molecular flexibility index (Phi) is 7.85. The standard InChI is InChI=1S/C12H25O3PS/c1-3-10-14-16(13,15-11-4-2)17-12-8-6-5-7-9-12/h12H,3-11H2,1-2H3. The van der Waals surface area contributed by atoms with Crippen molar-refractivity contribution in [2.24, 2.45) is 0 Å². The van der Waals surface area contributed by atoms with Gasteiger partial charge in [0, 0.05) is 5.25 Å². The number of hydrogen-bond acceptors (Lipinski definition) is 4. The van der Waals surface area contributed by atoms with Crippen LogP contribution < -0.4 is 0 Å². The van der Waals surface area contributed by atoms with E-state index in [4.69, 9.17) is 9.05 Å². The summed E-state index contributed by atoms with van der Waals surface area (Å²) in [7, 11) is 0. The molecule has 0 heterocycles. The Morgan fingerprint density at radius 1 is 1.06 bits per heavy atom. The normalized spacial score (nSPS) is 18.5. The van der Waals surface area contributed by atoms with Gasteiger partial charge in [-0.25, -0.2) is 4.57 Å². The molecule has 1 aliphatic carbocycles. The highest BCUT2D eigenvalue weighted by molar-refractivity contribution is 8.55. The van der Waals surface area contributed by atoms with Gasteiger partial charge in [-0.3, -0.25) is 0 Å². The van der Waals surface area contributed by atoms with E-state index in [0.717, 1.165) is 25.7 Å². The zero-order chi connectivity index (χ0) is 12.6. The summed E-state index contributed by atoms with van der Waals surface area (Å²) in [4.78, 5) is 0. The molecule has 0 spiro atoms. The van der Waals surface area contributed by atoms with Crippen molar-refractivity contribution in [2.75, 3.05) is 13.2 Å². The van der Waals surface area contributed by atoms with Crippen molar-refractivity contribution in [1.29, 1.82) is 0 Å². The third-order valence-corrected chi connectivity index (χ3v) is 7.06. The summed E-state index contributed by atoms with van der Waals surface area (Å²) in [6.45, 7) is 2.20. The molecule has 0 aromatic rings. The zero-order valence-electron chi connectivity index (χ0n) is 11.0. The average molecular weight is 280 g/mol. The molecule has 102 valence electrons. The highest BCUT2D eigenvalue weighted by Crippen LogP contribution is 2.63. The molecule has 1 saturated carbocycles. The minimum absolute atomic E-state index is 0.461. The van der Waals surface area contributed by atoms with Crippen LogP contribution in [0.1, 0.15) is 58.8 Å². The molecule has 1 fully saturated rings. The number of hydrogen-bond donors (Lipinski definition) is 0. The Hall–Kier alpha value is 0.500. The predicted octanol–water partition coefficient (Wildman–Crippen LogP) is 5.01. The van der Waals surface area contributed by atoms with Gasteiger partial charge >= 0.3 is 6.80 Å². The summed E-state index contributed by atoms with van der Waals surface area (Å²) in [5.74, 6) is 0. The first-order valence-corrected chi connectivity index (χ1v) is 9.80. The molecule has 0 unspecified atom stereocenters. The van der Waals surface area contributed by atoms with Gasteiger partial charge in [-0.05, 0) is 37.1 Å². The maximum atomic E-state index is 12.5. The molecule has 0 amide bonds. The smallest absolute Gasteiger partial charge is 0.301 e. The van der Waals surface area contributed by atoms with Crippen molar-refractivity contribution in [3.05, 3.63) is 0 Å². The molecular weight excluding hydrogens is 255 g/mol. The Morgan fingerprint density at radius 2 is 1.59 bits per heavy atom. The first-order chi connectivity index (χ1) is 8.20. The Balaban J connectivity index is 2.45. The van der Waals surface area contributed by atoms with Crippen molar-refractivity contribution < 1.29 is 13.6 Å². The molecule has 1 rings (SSSR count). The van der Waals surface area contributed by atoms with Gasteiger partial charge in [-0.15, -0.1) is 0 Å². The fourth-order valence-corrected chi connectivity index (χ4v) is 6.32. The van der Waals surface area contributed by atoms with Gasteiger partial charge in [0.1, 0.15) is 0 Å². The van der Waals surface area contributed by atoms with Gasteiger partial charge in [-0.1, -0.05) is 33.1 Å².